The minimum atomic E-state index is -0.413. The average Bonchev–Trinajstić information content (AvgIpc) is 3.19. The van der Waals surface area contributed by atoms with Crippen molar-refractivity contribution in [2.75, 3.05) is 0 Å². The van der Waals surface area contributed by atoms with Crippen LogP contribution < -0.4 is 5.32 Å². The van der Waals surface area contributed by atoms with Crippen molar-refractivity contribution >= 4 is 40.0 Å². The molecule has 0 aliphatic carbocycles. The Morgan fingerprint density at radius 2 is 2.14 bits per heavy atom. The highest BCUT2D eigenvalue weighted by Crippen LogP contribution is 2.32. The van der Waals surface area contributed by atoms with Crippen LogP contribution in [0.1, 0.15) is 5.76 Å². The van der Waals surface area contributed by atoms with E-state index in [1.54, 1.807) is 36.9 Å². The van der Waals surface area contributed by atoms with Crippen LogP contribution in [0.2, 0.25) is 0 Å². The van der Waals surface area contributed by atoms with Gasteiger partial charge in [0.1, 0.15) is 11.3 Å². The molecule has 0 bridgehead atoms. The van der Waals surface area contributed by atoms with Crippen LogP contribution >= 0.6 is 11.8 Å². The van der Waals surface area contributed by atoms with E-state index in [1.165, 1.54) is 0 Å². The Morgan fingerprint density at radius 3 is 2.86 bits per heavy atom. The molecule has 108 valence electrons. The Hall–Kier alpha value is -2.87. The molecule has 1 saturated heterocycles. The summed E-state index contributed by atoms with van der Waals surface area (Å²) < 4.78 is 5.81. The molecule has 2 amide bonds. The van der Waals surface area contributed by atoms with Crippen molar-refractivity contribution in [1.82, 2.24) is 20.5 Å². The zero-order chi connectivity index (χ0) is 15.1. The number of nitrogens with zero attached hydrogens (tertiary/aromatic N) is 2. The van der Waals surface area contributed by atoms with Gasteiger partial charge >= 0.3 is 0 Å². The predicted octanol–water partition coefficient (Wildman–Crippen LogP) is 2.54. The van der Waals surface area contributed by atoms with Gasteiger partial charge in [0.15, 0.2) is 0 Å². The maximum absolute atomic E-state index is 11.6. The number of carbonyl (C=O) groups excluding carboxylic acids is 2. The first kappa shape index (κ1) is 12.8. The molecule has 1 aliphatic rings. The van der Waals surface area contributed by atoms with Gasteiger partial charge in [0.2, 0.25) is 0 Å². The van der Waals surface area contributed by atoms with Crippen LogP contribution in [-0.2, 0) is 4.79 Å². The number of amides is 2. The van der Waals surface area contributed by atoms with E-state index in [-0.39, 0.29) is 5.24 Å². The number of carbonyl (C=O) groups is 2. The van der Waals surface area contributed by atoms with Gasteiger partial charge in [-0.15, -0.1) is 0 Å². The van der Waals surface area contributed by atoms with Gasteiger partial charge in [-0.25, -0.2) is 0 Å². The molecule has 0 radical (unpaired) electrons. The number of imide groups is 1. The number of aromatic amines is 1. The van der Waals surface area contributed by atoms with Crippen LogP contribution in [0.4, 0.5) is 4.79 Å². The summed E-state index contributed by atoms with van der Waals surface area (Å²) in [7, 11) is 0. The van der Waals surface area contributed by atoms with Crippen molar-refractivity contribution in [2.24, 2.45) is 0 Å². The number of hydrogen-bond donors (Lipinski definition) is 2. The Bertz CT molecular complexity index is 927. The Labute approximate surface area is 127 Å². The fraction of sp³-hybridized carbons (Fsp3) is 0. The van der Waals surface area contributed by atoms with Crippen LogP contribution in [0.15, 0.2) is 40.2 Å². The number of fused-ring (bicyclic) bond motifs is 1. The van der Waals surface area contributed by atoms with Crippen molar-refractivity contribution in [3.8, 4) is 11.1 Å². The van der Waals surface area contributed by atoms with E-state index in [9.17, 15) is 9.59 Å². The van der Waals surface area contributed by atoms with E-state index in [0.717, 1.165) is 28.3 Å². The lowest BCUT2D eigenvalue weighted by Crippen LogP contribution is -2.17. The molecule has 0 saturated carbocycles. The third-order valence-corrected chi connectivity index (χ3v) is 3.98. The molecule has 0 aromatic carbocycles. The van der Waals surface area contributed by atoms with Gasteiger partial charge in [0.05, 0.1) is 11.1 Å². The second-order valence-corrected chi connectivity index (χ2v) is 5.61. The zero-order valence-electron chi connectivity index (χ0n) is 11.0. The second kappa shape index (κ2) is 4.85. The summed E-state index contributed by atoms with van der Waals surface area (Å²) in [4.78, 5) is 27.2. The summed E-state index contributed by atoms with van der Waals surface area (Å²) in [6, 6.07) is 1.77. The van der Waals surface area contributed by atoms with Gasteiger partial charge < -0.3 is 4.42 Å². The quantitative estimate of drug-likeness (QED) is 0.705. The maximum atomic E-state index is 11.6. The Balaban J connectivity index is 1.82. The lowest BCUT2D eigenvalue weighted by molar-refractivity contribution is -0.115. The topological polar surface area (TPSA) is 101 Å². The van der Waals surface area contributed by atoms with Gasteiger partial charge in [-0.1, -0.05) is 0 Å². The maximum Gasteiger partial charge on any atom is 0.290 e. The number of rotatable bonds is 2. The summed E-state index contributed by atoms with van der Waals surface area (Å²) in [5.74, 6) is 0.0729. The van der Waals surface area contributed by atoms with Crippen LogP contribution in [-0.4, -0.2) is 26.3 Å². The first-order chi connectivity index (χ1) is 10.7. The van der Waals surface area contributed by atoms with Gasteiger partial charge in [-0.3, -0.25) is 25.0 Å². The standard InChI is InChI=1S/C14H8N4O3S/c19-13-11(22-14(20)18-13)2-9-1-7-3-15-6-10(12(7)21-9)8-4-16-17-5-8/h1-6H,(H,16,17)(H,18,19,20). The highest BCUT2D eigenvalue weighted by molar-refractivity contribution is 8.18. The molecule has 4 heterocycles. The smallest absolute Gasteiger partial charge is 0.290 e. The summed E-state index contributed by atoms with van der Waals surface area (Å²) in [6.45, 7) is 0. The number of aromatic nitrogens is 3. The fourth-order valence-corrected chi connectivity index (χ4v) is 2.87. The molecular weight excluding hydrogens is 304 g/mol. The number of nitrogens with one attached hydrogen (secondary N) is 2. The molecule has 7 nitrogen and oxygen atoms in total. The van der Waals surface area contributed by atoms with E-state index >= 15 is 0 Å². The molecule has 0 spiro atoms. The Kier molecular flexibility index (Phi) is 2.83. The minimum absolute atomic E-state index is 0.307. The van der Waals surface area contributed by atoms with Crippen LogP contribution in [0, 0.1) is 0 Å². The summed E-state index contributed by atoms with van der Waals surface area (Å²) >= 11 is 0.851. The molecule has 22 heavy (non-hydrogen) atoms. The van der Waals surface area contributed by atoms with E-state index < -0.39 is 5.91 Å². The Morgan fingerprint density at radius 1 is 1.23 bits per heavy atom. The molecule has 0 atom stereocenters. The van der Waals surface area contributed by atoms with Gasteiger partial charge in [0.25, 0.3) is 11.1 Å². The van der Waals surface area contributed by atoms with Crippen LogP contribution in [0.5, 0.6) is 0 Å². The van der Waals surface area contributed by atoms with Crippen molar-refractivity contribution < 1.29 is 14.0 Å². The number of furan rings is 1. The molecule has 4 rings (SSSR count). The van der Waals surface area contributed by atoms with E-state index in [2.05, 4.69) is 20.5 Å². The van der Waals surface area contributed by atoms with Crippen molar-refractivity contribution in [3.05, 3.63) is 41.5 Å². The highest BCUT2D eigenvalue weighted by Gasteiger charge is 2.25. The first-order valence-electron chi connectivity index (χ1n) is 6.32. The van der Waals surface area contributed by atoms with Crippen molar-refractivity contribution in [2.45, 2.75) is 0 Å². The molecule has 1 fully saturated rings. The minimum Gasteiger partial charge on any atom is -0.456 e. The van der Waals surface area contributed by atoms with Crippen molar-refractivity contribution in [3.63, 3.8) is 0 Å². The first-order valence-corrected chi connectivity index (χ1v) is 7.14. The molecule has 3 aromatic rings. The molecule has 3 aromatic heterocycles. The number of thioether (sulfide) groups is 1. The largest absolute Gasteiger partial charge is 0.456 e. The number of pyridine rings is 1. The molecule has 8 heteroatoms. The highest BCUT2D eigenvalue weighted by atomic mass is 32.2. The third kappa shape index (κ3) is 2.09. The van der Waals surface area contributed by atoms with E-state index in [1.807, 2.05) is 0 Å². The monoisotopic (exact) mass is 312 g/mol. The molecule has 2 N–H and O–H groups in total. The fourth-order valence-electron chi connectivity index (χ4n) is 2.21. The SMILES string of the molecule is O=C1NC(=O)C(=Cc2cc3cncc(-c4cn[nH]c4)c3o2)S1. The van der Waals surface area contributed by atoms with Crippen LogP contribution in [0.3, 0.4) is 0 Å². The van der Waals surface area contributed by atoms with Gasteiger partial charge in [0, 0.05) is 41.2 Å². The molecular formula is C14H8N4O3S. The number of hydrogen-bond acceptors (Lipinski definition) is 6. The van der Waals surface area contributed by atoms with Crippen molar-refractivity contribution in [1.29, 1.82) is 0 Å². The van der Waals surface area contributed by atoms with Gasteiger partial charge in [-0.05, 0) is 17.8 Å². The van der Waals surface area contributed by atoms with Crippen LogP contribution in [0.25, 0.3) is 28.2 Å². The molecule has 1 aliphatic heterocycles. The lowest BCUT2D eigenvalue weighted by atomic mass is 10.1. The summed E-state index contributed by atoms with van der Waals surface area (Å²) in [5.41, 5.74) is 2.31. The van der Waals surface area contributed by atoms with E-state index in [0.29, 0.717) is 16.2 Å². The zero-order valence-corrected chi connectivity index (χ0v) is 11.8. The molecule has 0 unspecified atom stereocenters. The normalized spacial score (nSPS) is 16.6. The number of H-pyrrole nitrogens is 1. The average molecular weight is 312 g/mol. The predicted molar refractivity (Wildman–Crippen MR) is 80.7 cm³/mol. The lowest BCUT2D eigenvalue weighted by Gasteiger charge is -1.96. The van der Waals surface area contributed by atoms with E-state index in [4.69, 9.17) is 4.42 Å². The summed E-state index contributed by atoms with van der Waals surface area (Å²) in [5, 5.41) is 9.29. The van der Waals surface area contributed by atoms with Gasteiger partial charge in [-0.2, -0.15) is 5.10 Å². The summed E-state index contributed by atoms with van der Waals surface area (Å²) in [6.07, 6.45) is 8.34. The second-order valence-electron chi connectivity index (χ2n) is 4.59. The third-order valence-electron chi connectivity index (χ3n) is 3.17.